The summed E-state index contributed by atoms with van der Waals surface area (Å²) in [5.74, 6) is 2.69. The van der Waals surface area contributed by atoms with E-state index in [0.29, 0.717) is 23.7 Å². The van der Waals surface area contributed by atoms with Crippen LogP contribution in [-0.4, -0.2) is 33.6 Å². The largest absolute Gasteiger partial charge is 0.393 e. The van der Waals surface area contributed by atoms with Gasteiger partial charge in [-0.15, -0.1) is 0 Å². The fourth-order valence-electron chi connectivity index (χ4n) is 8.93. The van der Waals surface area contributed by atoms with E-state index in [2.05, 4.69) is 20.8 Å². The summed E-state index contributed by atoms with van der Waals surface area (Å²) in [6, 6.07) is 0. The maximum Gasteiger partial charge on any atom is 0.0577 e. The molecule has 0 radical (unpaired) electrons. The summed E-state index contributed by atoms with van der Waals surface area (Å²) >= 11 is 0. The van der Waals surface area contributed by atoms with Gasteiger partial charge in [-0.1, -0.05) is 60.3 Å². The molecule has 0 amide bonds. The van der Waals surface area contributed by atoms with Gasteiger partial charge in [0.1, 0.15) is 0 Å². The van der Waals surface area contributed by atoms with E-state index in [1.807, 2.05) is 13.8 Å². The minimum Gasteiger partial charge on any atom is -0.393 e. The molecule has 10 atom stereocenters. The molecule has 0 aliphatic heterocycles. The molecule has 0 spiro atoms. The van der Waals surface area contributed by atoms with Crippen molar-refractivity contribution in [3.05, 3.63) is 0 Å². The number of hydrogen-bond acceptors (Lipinski definition) is 3. The second-order valence-electron chi connectivity index (χ2n) is 11.9. The highest BCUT2D eigenvalue weighted by Crippen LogP contribution is 2.67. The predicted octanol–water partition coefficient (Wildman–Crippen LogP) is 6.33. The van der Waals surface area contributed by atoms with Gasteiger partial charge in [0.15, 0.2) is 0 Å². The molecule has 4 fully saturated rings. The van der Waals surface area contributed by atoms with E-state index in [0.717, 1.165) is 32.1 Å². The molecule has 0 bridgehead atoms. The fraction of sp³-hybridized carbons (Fsp3) is 1.00. The molecule has 0 saturated heterocycles. The first-order valence-corrected chi connectivity index (χ1v) is 13.9. The van der Waals surface area contributed by atoms with Gasteiger partial charge in [-0.05, 0) is 98.2 Å². The zero-order chi connectivity index (χ0) is 22.8. The van der Waals surface area contributed by atoms with E-state index in [1.165, 1.54) is 51.4 Å². The van der Waals surface area contributed by atoms with Gasteiger partial charge in [-0.3, -0.25) is 0 Å². The highest BCUT2D eigenvalue weighted by molar-refractivity contribution is 5.11. The number of aliphatic hydroxyl groups excluding tert-OH is 3. The lowest BCUT2D eigenvalue weighted by Crippen LogP contribution is -2.58. The van der Waals surface area contributed by atoms with E-state index in [9.17, 15) is 15.3 Å². The minimum absolute atomic E-state index is 0.139. The van der Waals surface area contributed by atoms with Gasteiger partial charge in [-0.25, -0.2) is 0 Å². The lowest BCUT2D eigenvalue weighted by Gasteiger charge is -2.62. The van der Waals surface area contributed by atoms with Gasteiger partial charge in [-0.2, -0.15) is 0 Å². The summed E-state index contributed by atoms with van der Waals surface area (Å²) in [6.07, 6.45) is 13.9. The van der Waals surface area contributed by atoms with Crippen LogP contribution in [0.5, 0.6) is 0 Å². The molecule has 0 aromatic rings. The Morgan fingerprint density at radius 1 is 0.806 bits per heavy atom. The monoisotopic (exact) mass is 436 g/mol. The van der Waals surface area contributed by atoms with Gasteiger partial charge in [0.25, 0.3) is 0 Å². The maximum atomic E-state index is 11.1. The molecule has 3 heteroatoms. The molecule has 3 nitrogen and oxygen atoms in total. The van der Waals surface area contributed by atoms with E-state index >= 15 is 0 Å². The third-order valence-electron chi connectivity index (χ3n) is 10.5. The molecule has 0 aromatic heterocycles. The average molecular weight is 437 g/mol. The first-order chi connectivity index (χ1) is 14.8. The van der Waals surface area contributed by atoms with Crippen LogP contribution in [0.15, 0.2) is 0 Å². The number of rotatable bonds is 6. The molecule has 0 aromatic carbocycles. The van der Waals surface area contributed by atoms with Crippen LogP contribution in [0.1, 0.15) is 118 Å². The highest BCUT2D eigenvalue weighted by Gasteiger charge is 2.62. The number of aliphatic hydroxyl groups is 3. The summed E-state index contributed by atoms with van der Waals surface area (Å²) in [6.45, 7) is 11.2. The van der Waals surface area contributed by atoms with Crippen molar-refractivity contribution in [1.29, 1.82) is 0 Å². The number of fused-ring (bicyclic) bond motifs is 5. The fourth-order valence-corrected chi connectivity index (χ4v) is 8.93. The van der Waals surface area contributed by atoms with Crippen LogP contribution in [0.4, 0.5) is 0 Å². The Labute approximate surface area is 192 Å². The SMILES string of the molecule is CC.CCCCCCC(O)C1CCC2C3C[C@H](O)C4CC(O)CCC4(C)[C@H]3CCC12C. The smallest absolute Gasteiger partial charge is 0.0577 e. The molecule has 4 rings (SSSR count). The second kappa shape index (κ2) is 10.4. The van der Waals surface area contributed by atoms with Crippen LogP contribution in [-0.2, 0) is 0 Å². The Bertz CT molecular complexity index is 564. The van der Waals surface area contributed by atoms with Crippen molar-refractivity contribution >= 4 is 0 Å². The molecule has 3 N–H and O–H groups in total. The van der Waals surface area contributed by atoms with E-state index < -0.39 is 0 Å². The molecular weight excluding hydrogens is 384 g/mol. The normalized spacial score (nSPS) is 47.4. The summed E-state index contributed by atoms with van der Waals surface area (Å²) in [5, 5.41) is 32.4. The van der Waals surface area contributed by atoms with Crippen molar-refractivity contribution in [2.75, 3.05) is 0 Å². The average Bonchev–Trinajstić information content (AvgIpc) is 3.11. The van der Waals surface area contributed by atoms with Crippen LogP contribution < -0.4 is 0 Å². The molecule has 4 aliphatic carbocycles. The van der Waals surface area contributed by atoms with E-state index in [1.54, 1.807) is 0 Å². The van der Waals surface area contributed by atoms with Crippen LogP contribution in [0.3, 0.4) is 0 Å². The summed E-state index contributed by atoms with van der Waals surface area (Å²) in [7, 11) is 0. The van der Waals surface area contributed by atoms with Gasteiger partial charge in [0.05, 0.1) is 18.3 Å². The third kappa shape index (κ3) is 4.62. The second-order valence-corrected chi connectivity index (χ2v) is 11.9. The zero-order valence-corrected chi connectivity index (χ0v) is 21.2. The van der Waals surface area contributed by atoms with Crippen molar-refractivity contribution in [3.8, 4) is 0 Å². The lowest BCUT2D eigenvalue weighted by atomic mass is 9.44. The molecule has 4 saturated carbocycles. The number of unbranched alkanes of at least 4 members (excludes halogenated alkanes) is 3. The van der Waals surface area contributed by atoms with Crippen molar-refractivity contribution in [2.24, 2.45) is 40.4 Å². The van der Waals surface area contributed by atoms with E-state index in [-0.39, 0.29) is 35.1 Å². The Kier molecular flexibility index (Phi) is 8.58. The number of hydrogen-bond donors (Lipinski definition) is 3. The van der Waals surface area contributed by atoms with Crippen LogP contribution in [0, 0.1) is 40.4 Å². The molecule has 0 heterocycles. The molecule has 182 valence electrons. The Hall–Kier alpha value is -0.120. The predicted molar refractivity (Wildman–Crippen MR) is 129 cm³/mol. The summed E-state index contributed by atoms with van der Waals surface area (Å²) < 4.78 is 0. The lowest BCUT2D eigenvalue weighted by molar-refractivity contribution is -0.174. The first-order valence-electron chi connectivity index (χ1n) is 13.9. The highest BCUT2D eigenvalue weighted by atomic mass is 16.3. The maximum absolute atomic E-state index is 11.1. The third-order valence-corrected chi connectivity index (χ3v) is 10.5. The minimum atomic E-state index is -0.253. The zero-order valence-electron chi connectivity index (χ0n) is 21.2. The van der Waals surface area contributed by atoms with Crippen molar-refractivity contribution in [1.82, 2.24) is 0 Å². The molecule has 8 unspecified atom stereocenters. The van der Waals surface area contributed by atoms with Gasteiger partial charge in [0.2, 0.25) is 0 Å². The van der Waals surface area contributed by atoms with Gasteiger partial charge < -0.3 is 15.3 Å². The molecule has 4 aliphatic rings. The van der Waals surface area contributed by atoms with Gasteiger partial charge >= 0.3 is 0 Å². The molecule has 31 heavy (non-hydrogen) atoms. The van der Waals surface area contributed by atoms with Crippen LogP contribution in [0.2, 0.25) is 0 Å². The Morgan fingerprint density at radius 3 is 2.19 bits per heavy atom. The first kappa shape index (κ1) is 25.5. The topological polar surface area (TPSA) is 60.7 Å². The van der Waals surface area contributed by atoms with Crippen molar-refractivity contribution in [3.63, 3.8) is 0 Å². The Balaban J connectivity index is 0.00000132. The summed E-state index contributed by atoms with van der Waals surface area (Å²) in [5.41, 5.74) is 0.447. The standard InChI is InChI=1S/C26H46O3.C2H6/c1-4-5-6-7-8-23(28)21-10-9-19-18-16-24(29)22-15-17(27)11-13-26(22,3)20(18)12-14-25(19,21)2;1-2/h17-24,27-29H,4-16H2,1-3H3;1-2H3/t17?,18?,19?,20-,21?,22?,23?,24-,25?,26?;/m0./s1. The summed E-state index contributed by atoms with van der Waals surface area (Å²) in [4.78, 5) is 0. The van der Waals surface area contributed by atoms with E-state index in [4.69, 9.17) is 0 Å². The van der Waals surface area contributed by atoms with Crippen molar-refractivity contribution in [2.45, 2.75) is 136 Å². The van der Waals surface area contributed by atoms with Crippen LogP contribution in [0.25, 0.3) is 0 Å². The van der Waals surface area contributed by atoms with Gasteiger partial charge in [0, 0.05) is 0 Å². The van der Waals surface area contributed by atoms with Crippen LogP contribution >= 0.6 is 0 Å². The quantitative estimate of drug-likeness (QED) is 0.426. The van der Waals surface area contributed by atoms with Crippen molar-refractivity contribution < 1.29 is 15.3 Å². The molecular formula is C28H52O3. The Morgan fingerprint density at radius 2 is 1.48 bits per heavy atom.